The summed E-state index contributed by atoms with van der Waals surface area (Å²) in [6.07, 6.45) is -0.367. The molecule has 0 amide bonds. The Hall–Kier alpha value is -3.86. The predicted molar refractivity (Wildman–Crippen MR) is 139 cm³/mol. The molecule has 5 rings (SSSR count). The first-order valence-electron chi connectivity index (χ1n) is 11.9. The van der Waals surface area contributed by atoms with E-state index in [2.05, 4.69) is 10.9 Å². The topological polar surface area (TPSA) is 105 Å². The van der Waals surface area contributed by atoms with Crippen LogP contribution in [-0.2, 0) is 23.9 Å². The number of carbonyl (C=O) groups is 1. The number of carboxylic acid groups (broad SMARTS) is 1. The second-order valence-corrected chi connectivity index (χ2v) is 10.9. The highest BCUT2D eigenvalue weighted by Crippen LogP contribution is 2.38. The molecule has 7 nitrogen and oxygen atoms in total. The van der Waals surface area contributed by atoms with Gasteiger partial charge in [-0.25, -0.2) is 27.5 Å². The number of aromatic nitrogens is 3. The molecule has 1 unspecified atom stereocenters. The van der Waals surface area contributed by atoms with Crippen LogP contribution in [0.2, 0.25) is 0 Å². The number of hydrogen-bond donors (Lipinski definition) is 2. The zero-order valence-corrected chi connectivity index (χ0v) is 22.0. The van der Waals surface area contributed by atoms with Gasteiger partial charge >= 0.3 is 5.97 Å². The van der Waals surface area contributed by atoms with Crippen molar-refractivity contribution in [1.29, 1.82) is 0 Å². The van der Waals surface area contributed by atoms with Crippen molar-refractivity contribution in [1.82, 2.24) is 14.8 Å². The SMILES string of the molecule is O=C(O)c1csc(-n2nc(-c3ccc(F)c(C#CC(F)F)c3)c(Cc3ccc(S(=O)O)c(F)c3)c2CC2CC2)n1. The molecular formula is C27H19F4N3O4S2. The van der Waals surface area contributed by atoms with Crippen molar-refractivity contribution in [2.45, 2.75) is 37.0 Å². The van der Waals surface area contributed by atoms with Gasteiger partial charge in [-0.05, 0) is 67.0 Å². The molecule has 13 heteroatoms. The van der Waals surface area contributed by atoms with Gasteiger partial charge < -0.3 is 9.66 Å². The van der Waals surface area contributed by atoms with Crippen molar-refractivity contribution < 1.29 is 36.2 Å². The van der Waals surface area contributed by atoms with E-state index in [1.807, 2.05) is 0 Å². The van der Waals surface area contributed by atoms with E-state index in [1.54, 1.807) is 5.92 Å². The highest BCUT2D eigenvalue weighted by atomic mass is 32.2. The molecule has 0 aliphatic heterocycles. The number of benzene rings is 2. The molecule has 1 saturated carbocycles. The van der Waals surface area contributed by atoms with E-state index in [4.69, 9.17) is 5.10 Å². The summed E-state index contributed by atoms with van der Waals surface area (Å²) in [6, 6.07) is 7.66. The van der Waals surface area contributed by atoms with Crippen molar-refractivity contribution in [3.8, 4) is 28.2 Å². The average Bonchev–Trinajstić information content (AvgIpc) is 3.46. The Morgan fingerprint density at radius 1 is 1.18 bits per heavy atom. The molecule has 1 atom stereocenters. The highest BCUT2D eigenvalue weighted by molar-refractivity contribution is 7.79. The van der Waals surface area contributed by atoms with Gasteiger partial charge in [0.1, 0.15) is 16.5 Å². The molecule has 0 saturated heterocycles. The number of carboxylic acids is 1. The van der Waals surface area contributed by atoms with Crippen LogP contribution in [0.15, 0.2) is 46.7 Å². The van der Waals surface area contributed by atoms with Gasteiger partial charge in [-0.15, -0.1) is 11.3 Å². The third-order valence-corrected chi connectivity index (χ3v) is 7.81. The minimum absolute atomic E-state index is 0.110. The van der Waals surface area contributed by atoms with Crippen LogP contribution in [0, 0.1) is 29.4 Å². The summed E-state index contributed by atoms with van der Waals surface area (Å²) < 4.78 is 76.6. The first kappa shape index (κ1) is 27.7. The molecule has 206 valence electrons. The summed E-state index contributed by atoms with van der Waals surface area (Å²) in [6.45, 7) is 0. The van der Waals surface area contributed by atoms with E-state index >= 15 is 0 Å². The third kappa shape index (κ3) is 5.99. The molecule has 2 heterocycles. The van der Waals surface area contributed by atoms with Crippen molar-refractivity contribution in [3.05, 3.63) is 81.5 Å². The van der Waals surface area contributed by atoms with Crippen LogP contribution in [0.1, 0.15) is 45.7 Å². The number of alkyl halides is 2. The average molecular weight is 590 g/mol. The number of nitrogens with zero attached hydrogens (tertiary/aromatic N) is 3. The lowest BCUT2D eigenvalue weighted by molar-refractivity contribution is 0.0691. The van der Waals surface area contributed by atoms with Crippen molar-refractivity contribution >= 4 is 28.4 Å². The van der Waals surface area contributed by atoms with Crippen molar-refractivity contribution in [2.24, 2.45) is 5.92 Å². The second-order valence-electron chi connectivity index (χ2n) is 9.11. The van der Waals surface area contributed by atoms with Crippen LogP contribution in [0.4, 0.5) is 17.6 Å². The first-order chi connectivity index (χ1) is 19.1. The van der Waals surface area contributed by atoms with Crippen LogP contribution >= 0.6 is 11.3 Å². The van der Waals surface area contributed by atoms with Gasteiger partial charge in [-0.3, -0.25) is 0 Å². The van der Waals surface area contributed by atoms with Gasteiger partial charge in [-0.2, -0.15) is 13.9 Å². The van der Waals surface area contributed by atoms with Crippen LogP contribution in [-0.4, -0.2) is 41.0 Å². The van der Waals surface area contributed by atoms with Crippen LogP contribution in [0.3, 0.4) is 0 Å². The fourth-order valence-corrected chi connectivity index (χ4v) is 5.41. The minimum Gasteiger partial charge on any atom is -0.476 e. The quantitative estimate of drug-likeness (QED) is 0.155. The Balaban J connectivity index is 1.70. The van der Waals surface area contributed by atoms with Gasteiger partial charge in [0.15, 0.2) is 16.8 Å². The van der Waals surface area contributed by atoms with Gasteiger partial charge in [0.25, 0.3) is 6.43 Å². The predicted octanol–water partition coefficient (Wildman–Crippen LogP) is 5.71. The summed E-state index contributed by atoms with van der Waals surface area (Å²) in [5.41, 5.74) is 2.00. The van der Waals surface area contributed by atoms with Crippen molar-refractivity contribution in [2.75, 3.05) is 0 Å². The van der Waals surface area contributed by atoms with Gasteiger partial charge in [0.2, 0.25) is 5.13 Å². The summed E-state index contributed by atoms with van der Waals surface area (Å²) in [4.78, 5) is 15.3. The van der Waals surface area contributed by atoms with Crippen molar-refractivity contribution in [3.63, 3.8) is 0 Å². The van der Waals surface area contributed by atoms with E-state index in [0.717, 1.165) is 36.3 Å². The van der Waals surface area contributed by atoms with Gasteiger partial charge in [0, 0.05) is 22.9 Å². The fourth-order valence-electron chi connectivity index (χ4n) is 4.23. The molecular weight excluding hydrogens is 570 g/mol. The second kappa shape index (κ2) is 11.3. The zero-order chi connectivity index (χ0) is 28.6. The minimum atomic E-state index is -2.96. The van der Waals surface area contributed by atoms with Gasteiger partial charge in [-0.1, -0.05) is 12.0 Å². The monoisotopic (exact) mass is 589 g/mol. The molecule has 1 fully saturated rings. The van der Waals surface area contributed by atoms with E-state index in [9.17, 15) is 36.2 Å². The first-order valence-corrected chi connectivity index (χ1v) is 13.9. The molecule has 2 aromatic heterocycles. The summed E-state index contributed by atoms with van der Waals surface area (Å²) in [5, 5.41) is 15.7. The smallest absolute Gasteiger partial charge is 0.355 e. The number of thiazole rings is 1. The molecule has 40 heavy (non-hydrogen) atoms. The maximum Gasteiger partial charge on any atom is 0.355 e. The number of aromatic carboxylic acids is 1. The normalized spacial score (nSPS) is 13.8. The Morgan fingerprint density at radius 2 is 1.95 bits per heavy atom. The van der Waals surface area contributed by atoms with Crippen LogP contribution in [0.25, 0.3) is 16.4 Å². The zero-order valence-electron chi connectivity index (χ0n) is 20.4. The Kier molecular flexibility index (Phi) is 7.84. The molecule has 2 N–H and O–H groups in total. The maximum absolute atomic E-state index is 14.6. The molecule has 2 aromatic carbocycles. The Morgan fingerprint density at radius 3 is 2.58 bits per heavy atom. The summed E-state index contributed by atoms with van der Waals surface area (Å²) >= 11 is -1.45. The molecule has 0 bridgehead atoms. The lowest BCUT2D eigenvalue weighted by atomic mass is 9.96. The Labute approximate surface area is 231 Å². The maximum atomic E-state index is 14.6. The van der Waals surface area contributed by atoms with E-state index < -0.39 is 35.1 Å². The van der Waals surface area contributed by atoms with Crippen LogP contribution < -0.4 is 0 Å². The molecule has 1 aliphatic carbocycles. The highest BCUT2D eigenvalue weighted by Gasteiger charge is 2.29. The number of halogens is 4. The van der Waals surface area contributed by atoms with E-state index in [-0.39, 0.29) is 27.7 Å². The standard InChI is InChI=1S/C27H19F4N3O4S2/c28-19-6-4-17(12-16(19)5-8-24(30)31)25-18(9-15-3-7-23(40(37)38)20(29)10-15)22(11-14-1-2-14)34(33-25)27-32-21(13-39-27)26(35)36/h3-4,6-7,10,12-14,24H,1-2,9,11H2,(H,35,36)(H,37,38). The lowest BCUT2D eigenvalue weighted by Gasteiger charge is -2.10. The third-order valence-electron chi connectivity index (χ3n) is 6.28. The number of hydrogen-bond acceptors (Lipinski definition) is 5. The summed E-state index contributed by atoms with van der Waals surface area (Å²) in [7, 11) is 0. The fraction of sp³-hybridized carbons (Fsp3) is 0.222. The number of rotatable bonds is 8. The van der Waals surface area contributed by atoms with Crippen LogP contribution in [0.5, 0.6) is 0 Å². The Bertz CT molecular complexity index is 1700. The summed E-state index contributed by atoms with van der Waals surface area (Å²) in [5.74, 6) is 1.24. The lowest BCUT2D eigenvalue weighted by Crippen LogP contribution is -2.06. The molecule has 0 spiro atoms. The van der Waals surface area contributed by atoms with E-state index in [1.165, 1.54) is 34.3 Å². The largest absolute Gasteiger partial charge is 0.476 e. The van der Waals surface area contributed by atoms with Gasteiger partial charge in [0.05, 0.1) is 17.0 Å². The van der Waals surface area contributed by atoms with E-state index in [0.29, 0.717) is 40.4 Å². The molecule has 0 radical (unpaired) electrons. The molecule has 4 aromatic rings. The molecule has 1 aliphatic rings.